The molecule has 0 atom stereocenters. The maximum atomic E-state index is 12.1. The topological polar surface area (TPSA) is 74.8 Å². The Morgan fingerprint density at radius 1 is 1.42 bits per heavy atom. The molecular formula is C17H23N4O2S+. The van der Waals surface area contributed by atoms with Gasteiger partial charge < -0.3 is 10.0 Å². The molecule has 0 radical (unpaired) electrons. The van der Waals surface area contributed by atoms with E-state index in [1.807, 2.05) is 31.2 Å². The van der Waals surface area contributed by atoms with Crippen molar-refractivity contribution in [1.82, 2.24) is 9.55 Å². The molecule has 2 aromatic rings. The predicted molar refractivity (Wildman–Crippen MR) is 98.4 cm³/mol. The number of aromatic amines is 1. The van der Waals surface area contributed by atoms with Crippen molar-refractivity contribution in [2.45, 2.75) is 13.3 Å². The second-order valence-corrected chi connectivity index (χ2v) is 6.40. The number of rotatable bonds is 6. The quantitative estimate of drug-likeness (QED) is 0.412. The molecule has 0 unspecified atom stereocenters. The summed E-state index contributed by atoms with van der Waals surface area (Å²) in [6.07, 6.45) is 2.33. The number of nitrogens with one attached hydrogen (secondary N) is 2. The molecule has 0 aliphatic heterocycles. The Labute approximate surface area is 146 Å². The summed E-state index contributed by atoms with van der Waals surface area (Å²) in [5, 5.41) is 10.5. The largest absolute Gasteiger partial charge is 0.494 e. The Morgan fingerprint density at radius 3 is 2.83 bits per heavy atom. The Bertz CT molecular complexity index is 852. The van der Waals surface area contributed by atoms with Crippen molar-refractivity contribution in [3.63, 3.8) is 0 Å². The van der Waals surface area contributed by atoms with Gasteiger partial charge in [-0.05, 0) is 36.8 Å². The monoisotopic (exact) mass is 347 g/mol. The zero-order valence-corrected chi connectivity index (χ0v) is 15.0. The number of aryl methyl sites for hydroxylation is 1. The maximum Gasteiger partial charge on any atom is 0.264 e. The Balaban J connectivity index is 2.37. The summed E-state index contributed by atoms with van der Waals surface area (Å²) in [4.78, 5) is 20.3. The highest BCUT2D eigenvalue weighted by Gasteiger charge is 2.12. The molecule has 0 aliphatic rings. The summed E-state index contributed by atoms with van der Waals surface area (Å²) < 4.78 is 1.59. The minimum atomic E-state index is -0.441. The van der Waals surface area contributed by atoms with Gasteiger partial charge in [-0.25, -0.2) is 0 Å². The zero-order valence-electron chi connectivity index (χ0n) is 14.2. The van der Waals surface area contributed by atoms with Crippen LogP contribution in [0.1, 0.15) is 17.5 Å². The number of aromatic nitrogens is 2. The van der Waals surface area contributed by atoms with Gasteiger partial charge in [0.05, 0.1) is 26.3 Å². The van der Waals surface area contributed by atoms with E-state index in [9.17, 15) is 9.90 Å². The first-order valence-corrected chi connectivity index (χ1v) is 8.25. The number of quaternary nitrogens is 1. The molecule has 24 heavy (non-hydrogen) atoms. The van der Waals surface area contributed by atoms with Crippen molar-refractivity contribution in [3.8, 4) is 11.6 Å². The molecule has 1 heterocycles. The van der Waals surface area contributed by atoms with Gasteiger partial charge in [0, 0.05) is 19.2 Å². The number of H-pyrrole nitrogens is 1. The van der Waals surface area contributed by atoms with Gasteiger partial charge in [-0.2, -0.15) is 0 Å². The van der Waals surface area contributed by atoms with Crippen molar-refractivity contribution in [1.29, 1.82) is 0 Å². The van der Waals surface area contributed by atoms with Crippen LogP contribution in [0.3, 0.4) is 0 Å². The fourth-order valence-electron chi connectivity index (χ4n) is 2.34. The van der Waals surface area contributed by atoms with E-state index in [4.69, 9.17) is 12.2 Å². The summed E-state index contributed by atoms with van der Waals surface area (Å²) in [5.41, 5.74) is 1.40. The van der Waals surface area contributed by atoms with E-state index in [0.29, 0.717) is 12.2 Å². The van der Waals surface area contributed by atoms with Crippen LogP contribution in [0.5, 0.6) is 5.88 Å². The lowest BCUT2D eigenvalue weighted by atomic mass is 10.2. The standard InChI is InChI=1S/C17H22N4O2S/c1-12-6-4-7-13(10-12)21-16(23)14(15(22)19-17(21)24)11-18-8-5-9-20(2)3/h4,6-7,10-11,23H,5,8-9H2,1-3H3,(H,19,22,24)/p+1. The Morgan fingerprint density at radius 2 is 2.17 bits per heavy atom. The first-order chi connectivity index (χ1) is 11.4. The van der Waals surface area contributed by atoms with Crippen LogP contribution in [0, 0.1) is 11.7 Å². The van der Waals surface area contributed by atoms with Gasteiger partial charge in [-0.3, -0.25) is 19.3 Å². The highest BCUT2D eigenvalue weighted by atomic mass is 32.1. The van der Waals surface area contributed by atoms with Crippen molar-refractivity contribution in [3.05, 3.63) is 50.5 Å². The van der Waals surface area contributed by atoms with Crippen LogP contribution in [-0.4, -0.2) is 48.1 Å². The van der Waals surface area contributed by atoms with Crippen molar-refractivity contribution in [2.75, 3.05) is 27.2 Å². The molecule has 6 nitrogen and oxygen atoms in total. The minimum Gasteiger partial charge on any atom is -0.494 e. The molecule has 0 aliphatic carbocycles. The highest BCUT2D eigenvalue weighted by Crippen LogP contribution is 2.19. The lowest BCUT2D eigenvalue weighted by Gasteiger charge is -2.11. The SMILES string of the molecule is Cc1cccc(-n2c(O)c(C=NCCC[NH+](C)C)c(=O)[nH]c2=S)c1. The number of benzene rings is 1. The molecule has 3 N–H and O–H groups in total. The first kappa shape index (κ1) is 18.1. The second-order valence-electron chi connectivity index (χ2n) is 6.02. The van der Waals surface area contributed by atoms with E-state index in [2.05, 4.69) is 24.1 Å². The van der Waals surface area contributed by atoms with E-state index in [-0.39, 0.29) is 16.2 Å². The van der Waals surface area contributed by atoms with Crippen LogP contribution < -0.4 is 10.5 Å². The van der Waals surface area contributed by atoms with Crippen LogP contribution in [0.25, 0.3) is 5.69 Å². The third kappa shape index (κ3) is 4.39. The van der Waals surface area contributed by atoms with Gasteiger partial charge in [0.25, 0.3) is 5.56 Å². The molecule has 128 valence electrons. The van der Waals surface area contributed by atoms with Gasteiger partial charge >= 0.3 is 0 Å². The highest BCUT2D eigenvalue weighted by molar-refractivity contribution is 7.71. The molecule has 1 aromatic carbocycles. The smallest absolute Gasteiger partial charge is 0.264 e. The molecule has 0 saturated heterocycles. The number of hydrogen-bond acceptors (Lipinski definition) is 4. The van der Waals surface area contributed by atoms with Crippen LogP contribution >= 0.6 is 12.2 Å². The molecule has 0 amide bonds. The molecule has 0 spiro atoms. The van der Waals surface area contributed by atoms with Gasteiger partial charge in [0.15, 0.2) is 4.77 Å². The van der Waals surface area contributed by atoms with Gasteiger partial charge in [-0.1, -0.05) is 12.1 Å². The third-order valence-corrected chi connectivity index (χ3v) is 3.85. The van der Waals surface area contributed by atoms with Crippen molar-refractivity contribution < 1.29 is 10.0 Å². The molecule has 1 aromatic heterocycles. The zero-order chi connectivity index (χ0) is 17.7. The van der Waals surface area contributed by atoms with E-state index < -0.39 is 5.56 Å². The van der Waals surface area contributed by atoms with E-state index in [1.54, 1.807) is 0 Å². The fraction of sp³-hybridized carbons (Fsp3) is 0.353. The lowest BCUT2D eigenvalue weighted by molar-refractivity contribution is -0.858. The average molecular weight is 347 g/mol. The molecule has 0 fully saturated rings. The maximum absolute atomic E-state index is 12.1. The summed E-state index contributed by atoms with van der Waals surface area (Å²) in [6, 6.07) is 7.52. The van der Waals surface area contributed by atoms with Crippen molar-refractivity contribution >= 4 is 18.4 Å². The summed E-state index contributed by atoms with van der Waals surface area (Å²) in [6.45, 7) is 3.54. The lowest BCUT2D eigenvalue weighted by Crippen LogP contribution is -3.05. The summed E-state index contributed by atoms with van der Waals surface area (Å²) in [5.74, 6) is -0.198. The van der Waals surface area contributed by atoms with E-state index in [0.717, 1.165) is 18.5 Å². The summed E-state index contributed by atoms with van der Waals surface area (Å²) >= 11 is 5.19. The molecule has 2 rings (SSSR count). The molecule has 0 saturated carbocycles. The van der Waals surface area contributed by atoms with E-state index >= 15 is 0 Å². The number of aliphatic imine (C=N–C) groups is 1. The number of nitrogens with zero attached hydrogens (tertiary/aromatic N) is 2. The van der Waals surface area contributed by atoms with Crippen molar-refractivity contribution in [2.24, 2.45) is 4.99 Å². The van der Waals surface area contributed by atoms with Gasteiger partial charge in [-0.15, -0.1) is 0 Å². The van der Waals surface area contributed by atoms with Crippen LogP contribution in [0.15, 0.2) is 34.1 Å². The fourth-order valence-corrected chi connectivity index (χ4v) is 2.63. The van der Waals surface area contributed by atoms with Crippen LogP contribution in [-0.2, 0) is 0 Å². The molecule has 0 bridgehead atoms. The Hall–Kier alpha value is -2.25. The average Bonchev–Trinajstić information content (AvgIpc) is 2.49. The number of aromatic hydroxyl groups is 1. The molecule has 7 heteroatoms. The van der Waals surface area contributed by atoms with Gasteiger partial charge in [0.1, 0.15) is 5.56 Å². The van der Waals surface area contributed by atoms with Gasteiger partial charge in [0.2, 0.25) is 5.88 Å². The third-order valence-electron chi connectivity index (χ3n) is 3.57. The Kier molecular flexibility index (Phi) is 6.05. The molecular weight excluding hydrogens is 324 g/mol. The predicted octanol–water partition coefficient (Wildman–Crippen LogP) is 0.863. The summed E-state index contributed by atoms with van der Waals surface area (Å²) in [7, 11) is 4.15. The number of hydrogen-bond donors (Lipinski definition) is 3. The van der Waals surface area contributed by atoms with Crippen LogP contribution in [0.2, 0.25) is 0 Å². The van der Waals surface area contributed by atoms with Crippen LogP contribution in [0.4, 0.5) is 0 Å². The second kappa shape index (κ2) is 8.03. The van der Waals surface area contributed by atoms with E-state index in [1.165, 1.54) is 15.7 Å². The first-order valence-electron chi connectivity index (χ1n) is 7.84. The normalized spacial score (nSPS) is 11.5. The minimum absolute atomic E-state index is 0.113.